The zero-order chi connectivity index (χ0) is 13.4. The number of hydrogen-bond donors (Lipinski definition) is 2. The predicted molar refractivity (Wildman–Crippen MR) is 81.8 cm³/mol. The summed E-state index contributed by atoms with van der Waals surface area (Å²) in [4.78, 5) is 0. The minimum Gasteiger partial charge on any atom is -0.382 e. The minimum atomic E-state index is 0.444. The van der Waals surface area contributed by atoms with Crippen LogP contribution in [-0.4, -0.2) is 10.2 Å². The molecule has 19 heavy (non-hydrogen) atoms. The van der Waals surface area contributed by atoms with Gasteiger partial charge in [0.15, 0.2) is 5.82 Å². The Labute approximate surface area is 124 Å². The molecule has 0 unspecified atom stereocenters. The van der Waals surface area contributed by atoms with Crippen molar-refractivity contribution in [1.82, 2.24) is 10.2 Å². The molecule has 3 aromatic rings. The molecule has 0 fully saturated rings. The van der Waals surface area contributed by atoms with Gasteiger partial charge in [0.1, 0.15) is 0 Å². The number of nitrogen functional groups attached to an aromatic ring is 1. The lowest BCUT2D eigenvalue weighted by atomic mass is 10.0. The van der Waals surface area contributed by atoms with E-state index >= 15 is 0 Å². The van der Waals surface area contributed by atoms with Crippen LogP contribution in [0.1, 0.15) is 0 Å². The van der Waals surface area contributed by atoms with Crippen molar-refractivity contribution < 1.29 is 0 Å². The third-order valence-corrected chi connectivity index (χ3v) is 4.23. The summed E-state index contributed by atoms with van der Waals surface area (Å²) in [5, 5.41) is 12.1. The number of halogens is 2. The van der Waals surface area contributed by atoms with E-state index in [4.69, 9.17) is 28.9 Å². The molecule has 0 atom stereocenters. The van der Waals surface area contributed by atoms with Crippen LogP contribution in [0.3, 0.4) is 0 Å². The van der Waals surface area contributed by atoms with E-state index in [0.717, 1.165) is 22.4 Å². The van der Waals surface area contributed by atoms with Crippen LogP contribution < -0.4 is 5.73 Å². The van der Waals surface area contributed by atoms with E-state index in [1.807, 2.05) is 22.9 Å². The highest BCUT2D eigenvalue weighted by Crippen LogP contribution is 2.37. The van der Waals surface area contributed by atoms with E-state index in [1.54, 1.807) is 23.5 Å². The van der Waals surface area contributed by atoms with Crippen molar-refractivity contribution in [3.05, 3.63) is 45.1 Å². The number of thiophene rings is 1. The lowest BCUT2D eigenvalue weighted by Gasteiger charge is -2.05. The normalized spacial score (nSPS) is 10.8. The number of nitrogens with two attached hydrogens (primary N) is 1. The Hall–Kier alpha value is -1.49. The Morgan fingerprint density at radius 2 is 1.95 bits per heavy atom. The molecular weight excluding hydrogens is 301 g/mol. The first-order chi connectivity index (χ1) is 9.16. The van der Waals surface area contributed by atoms with Gasteiger partial charge in [-0.15, -0.1) is 0 Å². The van der Waals surface area contributed by atoms with E-state index in [9.17, 15) is 0 Å². The second-order valence-electron chi connectivity index (χ2n) is 4.00. The lowest BCUT2D eigenvalue weighted by molar-refractivity contribution is 1.10. The molecule has 2 aromatic heterocycles. The van der Waals surface area contributed by atoms with E-state index < -0.39 is 0 Å². The summed E-state index contributed by atoms with van der Waals surface area (Å²) in [5.74, 6) is 0.444. The first kappa shape index (κ1) is 12.5. The molecule has 0 bridgehead atoms. The van der Waals surface area contributed by atoms with Gasteiger partial charge in [-0.1, -0.05) is 29.3 Å². The number of hydrogen-bond acceptors (Lipinski definition) is 3. The molecule has 0 saturated carbocycles. The monoisotopic (exact) mass is 309 g/mol. The van der Waals surface area contributed by atoms with Gasteiger partial charge in [0.25, 0.3) is 0 Å². The number of nitrogens with zero attached hydrogens (tertiary/aromatic N) is 1. The summed E-state index contributed by atoms with van der Waals surface area (Å²) in [7, 11) is 0. The fraction of sp³-hybridized carbons (Fsp3) is 0. The number of aromatic amines is 1. The van der Waals surface area contributed by atoms with E-state index in [0.29, 0.717) is 15.9 Å². The maximum Gasteiger partial charge on any atom is 0.153 e. The summed E-state index contributed by atoms with van der Waals surface area (Å²) in [6.45, 7) is 0. The summed E-state index contributed by atoms with van der Waals surface area (Å²) < 4.78 is 0. The van der Waals surface area contributed by atoms with Crippen molar-refractivity contribution in [3.8, 4) is 22.4 Å². The van der Waals surface area contributed by atoms with Crippen LogP contribution in [0.15, 0.2) is 35.0 Å². The molecule has 1 aromatic carbocycles. The Balaban J connectivity index is 2.19. The van der Waals surface area contributed by atoms with Gasteiger partial charge in [0, 0.05) is 10.9 Å². The molecule has 0 aliphatic heterocycles. The number of rotatable bonds is 2. The summed E-state index contributed by atoms with van der Waals surface area (Å²) >= 11 is 13.6. The van der Waals surface area contributed by atoms with Gasteiger partial charge in [0.2, 0.25) is 0 Å². The zero-order valence-corrected chi connectivity index (χ0v) is 12.0. The van der Waals surface area contributed by atoms with Crippen molar-refractivity contribution in [2.75, 3.05) is 5.73 Å². The second-order valence-corrected chi connectivity index (χ2v) is 5.59. The summed E-state index contributed by atoms with van der Waals surface area (Å²) in [6, 6.07) is 7.44. The SMILES string of the molecule is Nc1n[nH]c(-c2ccsc2)c1-c1ccc(Cl)c(Cl)c1. The number of anilines is 1. The van der Waals surface area contributed by atoms with Gasteiger partial charge in [-0.05, 0) is 29.1 Å². The largest absolute Gasteiger partial charge is 0.382 e. The molecule has 0 spiro atoms. The quantitative estimate of drug-likeness (QED) is 0.721. The molecule has 0 aliphatic carbocycles. The predicted octanol–water partition coefficient (Wildman–Crippen LogP) is 4.69. The fourth-order valence-corrected chi connectivity index (χ4v) is 2.86. The molecule has 3 N–H and O–H groups in total. The van der Waals surface area contributed by atoms with Gasteiger partial charge < -0.3 is 5.73 Å². The van der Waals surface area contributed by atoms with Crippen molar-refractivity contribution in [1.29, 1.82) is 0 Å². The Kier molecular flexibility index (Phi) is 3.22. The Bertz CT molecular complexity index is 720. The zero-order valence-electron chi connectivity index (χ0n) is 9.65. The summed E-state index contributed by atoms with van der Waals surface area (Å²) in [5.41, 5.74) is 9.63. The maximum atomic E-state index is 6.06. The lowest BCUT2D eigenvalue weighted by Crippen LogP contribution is -1.88. The molecule has 0 radical (unpaired) electrons. The van der Waals surface area contributed by atoms with Crippen molar-refractivity contribution in [2.45, 2.75) is 0 Å². The highest BCUT2D eigenvalue weighted by molar-refractivity contribution is 7.08. The van der Waals surface area contributed by atoms with Crippen molar-refractivity contribution >= 4 is 40.4 Å². The first-order valence-corrected chi connectivity index (χ1v) is 7.18. The Morgan fingerprint density at radius 1 is 1.11 bits per heavy atom. The van der Waals surface area contributed by atoms with Crippen LogP contribution in [0.4, 0.5) is 5.82 Å². The van der Waals surface area contributed by atoms with Crippen LogP contribution in [0.5, 0.6) is 0 Å². The van der Waals surface area contributed by atoms with Gasteiger partial charge >= 0.3 is 0 Å². The molecule has 3 nitrogen and oxygen atoms in total. The standard InChI is InChI=1S/C13H9Cl2N3S/c14-9-2-1-7(5-10(9)15)11-12(17-18-13(11)16)8-3-4-19-6-8/h1-6H,(H3,16,17,18). The minimum absolute atomic E-state index is 0.444. The molecule has 3 rings (SSSR count). The van der Waals surface area contributed by atoms with E-state index in [2.05, 4.69) is 10.2 Å². The smallest absolute Gasteiger partial charge is 0.153 e. The molecule has 2 heterocycles. The first-order valence-electron chi connectivity index (χ1n) is 5.48. The highest BCUT2D eigenvalue weighted by Gasteiger charge is 2.15. The average molecular weight is 310 g/mol. The molecule has 0 aliphatic rings. The van der Waals surface area contributed by atoms with Gasteiger partial charge in [-0.25, -0.2) is 0 Å². The molecule has 6 heteroatoms. The van der Waals surface area contributed by atoms with Crippen LogP contribution in [0.25, 0.3) is 22.4 Å². The van der Waals surface area contributed by atoms with Crippen LogP contribution in [0, 0.1) is 0 Å². The Morgan fingerprint density at radius 3 is 2.63 bits per heavy atom. The van der Waals surface area contributed by atoms with Crippen molar-refractivity contribution in [2.24, 2.45) is 0 Å². The van der Waals surface area contributed by atoms with Gasteiger partial charge in [-0.2, -0.15) is 16.4 Å². The van der Waals surface area contributed by atoms with Crippen LogP contribution in [0.2, 0.25) is 10.0 Å². The highest BCUT2D eigenvalue weighted by atomic mass is 35.5. The molecule has 96 valence electrons. The number of aromatic nitrogens is 2. The van der Waals surface area contributed by atoms with Crippen LogP contribution in [-0.2, 0) is 0 Å². The number of H-pyrrole nitrogens is 1. The number of nitrogens with one attached hydrogen (secondary N) is 1. The second kappa shape index (κ2) is 4.89. The van der Waals surface area contributed by atoms with Crippen LogP contribution >= 0.6 is 34.5 Å². The molecular formula is C13H9Cl2N3S. The third kappa shape index (κ3) is 2.23. The van der Waals surface area contributed by atoms with Crippen molar-refractivity contribution in [3.63, 3.8) is 0 Å². The van der Waals surface area contributed by atoms with Gasteiger partial charge in [0.05, 0.1) is 21.3 Å². The average Bonchev–Trinajstić information content (AvgIpc) is 3.01. The molecule has 0 amide bonds. The maximum absolute atomic E-state index is 6.06. The number of benzene rings is 1. The fourth-order valence-electron chi connectivity index (χ4n) is 1.92. The van der Waals surface area contributed by atoms with Gasteiger partial charge in [-0.3, -0.25) is 5.10 Å². The third-order valence-electron chi connectivity index (χ3n) is 2.81. The van der Waals surface area contributed by atoms with E-state index in [1.165, 1.54) is 0 Å². The molecule has 0 saturated heterocycles. The summed E-state index contributed by atoms with van der Waals surface area (Å²) in [6.07, 6.45) is 0. The van der Waals surface area contributed by atoms with E-state index in [-0.39, 0.29) is 0 Å². The topological polar surface area (TPSA) is 54.7 Å².